The molecule has 0 spiro atoms. The predicted octanol–water partition coefficient (Wildman–Crippen LogP) is 1.77. The predicted molar refractivity (Wildman–Crippen MR) is 79.3 cm³/mol. The zero-order valence-corrected chi connectivity index (χ0v) is 13.0. The van der Waals surface area contributed by atoms with Crippen molar-refractivity contribution in [2.24, 2.45) is 0 Å². The van der Waals surface area contributed by atoms with E-state index in [4.69, 9.17) is 9.84 Å². The van der Waals surface area contributed by atoms with Gasteiger partial charge in [-0.05, 0) is 47.2 Å². The maximum atomic E-state index is 12.4. The third kappa shape index (κ3) is 4.46. The second kappa shape index (κ2) is 7.44. The maximum Gasteiger partial charge on any atom is 0.323 e. The standard InChI is InChI=1S/C13H16INO4/c1-9-10(4-3-5-11(9)14)13(18)15(6-7-19-2)8-12(16)17/h3-5H,6-8H2,1-2H3,(H,16,17). The van der Waals surface area contributed by atoms with Crippen LogP contribution in [0.1, 0.15) is 15.9 Å². The lowest BCUT2D eigenvalue weighted by molar-refractivity contribution is -0.137. The number of hydrogen-bond acceptors (Lipinski definition) is 3. The molecule has 1 N–H and O–H groups in total. The Hall–Kier alpha value is -1.15. The van der Waals surface area contributed by atoms with Crippen LogP contribution in [0.25, 0.3) is 0 Å². The highest BCUT2D eigenvalue weighted by Crippen LogP contribution is 2.17. The van der Waals surface area contributed by atoms with Gasteiger partial charge in [-0.2, -0.15) is 0 Å². The number of carbonyl (C=O) groups is 2. The molecule has 1 amide bonds. The van der Waals surface area contributed by atoms with Gasteiger partial charge in [0.15, 0.2) is 0 Å². The van der Waals surface area contributed by atoms with Crippen LogP contribution in [0.2, 0.25) is 0 Å². The highest BCUT2D eigenvalue weighted by Gasteiger charge is 2.20. The number of aliphatic carboxylic acids is 1. The fourth-order valence-corrected chi connectivity index (χ4v) is 2.12. The molecule has 0 aliphatic heterocycles. The largest absolute Gasteiger partial charge is 0.480 e. The minimum absolute atomic E-state index is 0.256. The molecule has 0 radical (unpaired) electrons. The van der Waals surface area contributed by atoms with Gasteiger partial charge in [0.1, 0.15) is 6.54 Å². The SMILES string of the molecule is COCCN(CC(=O)O)C(=O)c1cccc(I)c1C. The Morgan fingerprint density at radius 3 is 2.68 bits per heavy atom. The summed E-state index contributed by atoms with van der Waals surface area (Å²) in [5, 5.41) is 8.87. The van der Waals surface area contributed by atoms with Gasteiger partial charge in [-0.25, -0.2) is 0 Å². The molecule has 0 saturated heterocycles. The summed E-state index contributed by atoms with van der Waals surface area (Å²) in [5.74, 6) is -1.32. The van der Waals surface area contributed by atoms with E-state index in [9.17, 15) is 9.59 Å². The van der Waals surface area contributed by atoms with Gasteiger partial charge < -0.3 is 14.7 Å². The Labute approximate surface area is 125 Å². The minimum atomic E-state index is -1.03. The molecule has 1 rings (SSSR count). The van der Waals surface area contributed by atoms with Gasteiger partial charge in [-0.15, -0.1) is 0 Å². The molecule has 0 aliphatic carbocycles. The van der Waals surface area contributed by atoms with Crippen molar-refractivity contribution in [2.45, 2.75) is 6.92 Å². The lowest BCUT2D eigenvalue weighted by Crippen LogP contribution is -2.38. The summed E-state index contributed by atoms with van der Waals surface area (Å²) >= 11 is 2.15. The Morgan fingerprint density at radius 1 is 1.42 bits per heavy atom. The summed E-state index contributed by atoms with van der Waals surface area (Å²) in [6.45, 7) is 2.09. The third-order valence-electron chi connectivity index (χ3n) is 2.68. The van der Waals surface area contributed by atoms with Crippen molar-refractivity contribution in [3.63, 3.8) is 0 Å². The molecule has 0 heterocycles. The molecule has 0 bridgehead atoms. The van der Waals surface area contributed by atoms with Crippen molar-refractivity contribution in [2.75, 3.05) is 26.8 Å². The van der Waals surface area contributed by atoms with Gasteiger partial charge in [0.25, 0.3) is 5.91 Å². The highest BCUT2D eigenvalue weighted by atomic mass is 127. The number of benzene rings is 1. The van der Waals surface area contributed by atoms with Crippen molar-refractivity contribution < 1.29 is 19.4 Å². The van der Waals surface area contributed by atoms with E-state index in [1.54, 1.807) is 12.1 Å². The number of hydrogen-bond donors (Lipinski definition) is 1. The van der Waals surface area contributed by atoms with Crippen LogP contribution in [0.15, 0.2) is 18.2 Å². The Balaban J connectivity index is 2.97. The van der Waals surface area contributed by atoms with Gasteiger partial charge in [0, 0.05) is 22.8 Å². The number of carboxylic acid groups (broad SMARTS) is 1. The lowest BCUT2D eigenvalue weighted by atomic mass is 10.1. The summed E-state index contributed by atoms with van der Waals surface area (Å²) < 4.78 is 5.88. The number of methoxy groups -OCH3 is 1. The van der Waals surface area contributed by atoms with Crippen LogP contribution in [-0.2, 0) is 9.53 Å². The number of ether oxygens (including phenoxy) is 1. The molecule has 104 valence electrons. The molecule has 6 heteroatoms. The lowest BCUT2D eigenvalue weighted by Gasteiger charge is -2.21. The molecule has 0 aliphatic rings. The van der Waals surface area contributed by atoms with Gasteiger partial charge >= 0.3 is 5.97 Å². The van der Waals surface area contributed by atoms with E-state index >= 15 is 0 Å². The van der Waals surface area contributed by atoms with Crippen LogP contribution in [-0.4, -0.2) is 48.7 Å². The summed E-state index contributed by atoms with van der Waals surface area (Å²) in [6, 6.07) is 5.40. The van der Waals surface area contributed by atoms with Crippen molar-refractivity contribution in [3.8, 4) is 0 Å². The van der Waals surface area contributed by atoms with E-state index in [0.29, 0.717) is 12.2 Å². The smallest absolute Gasteiger partial charge is 0.323 e. The van der Waals surface area contributed by atoms with E-state index in [2.05, 4.69) is 22.6 Å². The van der Waals surface area contributed by atoms with Crippen LogP contribution in [0, 0.1) is 10.5 Å². The normalized spacial score (nSPS) is 10.3. The second-order valence-electron chi connectivity index (χ2n) is 4.03. The van der Waals surface area contributed by atoms with E-state index in [1.165, 1.54) is 12.0 Å². The molecular weight excluding hydrogens is 361 g/mol. The zero-order valence-electron chi connectivity index (χ0n) is 10.9. The highest BCUT2D eigenvalue weighted by molar-refractivity contribution is 14.1. The summed E-state index contributed by atoms with van der Waals surface area (Å²) in [5.41, 5.74) is 1.39. The van der Waals surface area contributed by atoms with E-state index in [-0.39, 0.29) is 19.0 Å². The van der Waals surface area contributed by atoms with E-state index in [0.717, 1.165) is 9.13 Å². The average Bonchev–Trinajstić information content (AvgIpc) is 2.36. The molecule has 5 nitrogen and oxygen atoms in total. The molecule has 0 fully saturated rings. The fourth-order valence-electron chi connectivity index (χ4n) is 1.63. The number of carboxylic acids is 1. The van der Waals surface area contributed by atoms with E-state index in [1.807, 2.05) is 13.0 Å². The fraction of sp³-hybridized carbons (Fsp3) is 0.385. The summed E-state index contributed by atoms with van der Waals surface area (Å²) in [7, 11) is 1.51. The Kier molecular flexibility index (Phi) is 6.23. The molecule has 0 atom stereocenters. The number of amides is 1. The second-order valence-corrected chi connectivity index (χ2v) is 5.19. The Bertz CT molecular complexity index is 476. The van der Waals surface area contributed by atoms with Crippen molar-refractivity contribution in [3.05, 3.63) is 32.9 Å². The average molecular weight is 377 g/mol. The van der Waals surface area contributed by atoms with Crippen molar-refractivity contribution >= 4 is 34.5 Å². The van der Waals surface area contributed by atoms with Crippen LogP contribution in [0.3, 0.4) is 0 Å². The Morgan fingerprint density at radius 2 is 2.11 bits per heavy atom. The molecular formula is C13H16INO4. The number of rotatable bonds is 6. The quantitative estimate of drug-likeness (QED) is 0.768. The first kappa shape index (κ1) is 15.9. The first-order chi connectivity index (χ1) is 8.97. The molecule has 0 unspecified atom stereocenters. The van der Waals surface area contributed by atoms with Crippen LogP contribution in [0.4, 0.5) is 0 Å². The molecule has 19 heavy (non-hydrogen) atoms. The zero-order chi connectivity index (χ0) is 14.4. The van der Waals surface area contributed by atoms with Crippen LogP contribution < -0.4 is 0 Å². The number of nitrogens with zero attached hydrogens (tertiary/aromatic N) is 1. The third-order valence-corrected chi connectivity index (χ3v) is 3.85. The maximum absolute atomic E-state index is 12.4. The molecule has 1 aromatic carbocycles. The van der Waals surface area contributed by atoms with Crippen LogP contribution >= 0.6 is 22.6 Å². The first-order valence-electron chi connectivity index (χ1n) is 5.72. The summed E-state index contributed by atoms with van der Waals surface area (Å²) in [4.78, 5) is 24.5. The first-order valence-corrected chi connectivity index (χ1v) is 6.80. The van der Waals surface area contributed by atoms with Crippen molar-refractivity contribution in [1.82, 2.24) is 4.90 Å². The van der Waals surface area contributed by atoms with Gasteiger partial charge in [-0.3, -0.25) is 9.59 Å². The number of carbonyl (C=O) groups excluding carboxylic acids is 1. The van der Waals surface area contributed by atoms with Crippen molar-refractivity contribution in [1.29, 1.82) is 0 Å². The van der Waals surface area contributed by atoms with Gasteiger partial charge in [0.2, 0.25) is 0 Å². The van der Waals surface area contributed by atoms with Gasteiger partial charge in [0.05, 0.1) is 6.61 Å². The molecule has 1 aromatic rings. The van der Waals surface area contributed by atoms with Gasteiger partial charge in [-0.1, -0.05) is 6.07 Å². The van der Waals surface area contributed by atoms with E-state index < -0.39 is 5.97 Å². The topological polar surface area (TPSA) is 66.8 Å². The van der Waals surface area contributed by atoms with Crippen LogP contribution in [0.5, 0.6) is 0 Å². The monoisotopic (exact) mass is 377 g/mol. The number of halogens is 1. The summed E-state index contributed by atoms with van der Waals surface area (Å²) in [6.07, 6.45) is 0. The minimum Gasteiger partial charge on any atom is -0.480 e. The molecule has 0 saturated carbocycles. The molecule has 0 aromatic heterocycles.